The van der Waals surface area contributed by atoms with Gasteiger partial charge in [0.25, 0.3) is 0 Å². The Bertz CT molecular complexity index is 223. The number of nitrogens with zero attached hydrogens (tertiary/aromatic N) is 1. The predicted octanol–water partition coefficient (Wildman–Crippen LogP) is 5.27. The van der Waals surface area contributed by atoms with Crippen LogP contribution in [-0.2, 0) is 4.79 Å². The minimum absolute atomic E-state index is 0.260. The number of carbonyl (C=O) groups is 1. The first-order valence-electron chi connectivity index (χ1n) is 8.28. The fourth-order valence-electron chi connectivity index (χ4n) is 2.34. The number of unbranched alkanes of at least 4 members (excludes halogenated alkanes) is 1. The minimum Gasteiger partial charge on any atom is -0.339 e. The Balaban J connectivity index is 0. The molecule has 19 heavy (non-hydrogen) atoms. The summed E-state index contributed by atoms with van der Waals surface area (Å²) in [6.07, 6.45) is 5.53. The minimum atomic E-state index is 0.260. The van der Waals surface area contributed by atoms with E-state index >= 15 is 0 Å². The van der Waals surface area contributed by atoms with Crippen LogP contribution in [0.3, 0.4) is 0 Å². The van der Waals surface area contributed by atoms with E-state index in [1.165, 1.54) is 19.3 Å². The van der Waals surface area contributed by atoms with Gasteiger partial charge in [-0.1, -0.05) is 61.3 Å². The van der Waals surface area contributed by atoms with Gasteiger partial charge in [0.05, 0.1) is 0 Å². The molecule has 1 fully saturated rings. The molecule has 2 nitrogen and oxygen atoms in total. The van der Waals surface area contributed by atoms with Crippen LogP contribution in [0.1, 0.15) is 87.5 Å². The molecule has 0 aromatic rings. The zero-order valence-electron chi connectivity index (χ0n) is 14.7. The van der Waals surface area contributed by atoms with E-state index in [-0.39, 0.29) is 5.41 Å². The van der Waals surface area contributed by atoms with Gasteiger partial charge in [0.2, 0.25) is 5.91 Å². The van der Waals surface area contributed by atoms with Gasteiger partial charge in [0, 0.05) is 19.0 Å². The zero-order chi connectivity index (χ0) is 15.5. The largest absolute Gasteiger partial charge is 0.339 e. The second-order valence-corrected chi connectivity index (χ2v) is 5.46. The summed E-state index contributed by atoms with van der Waals surface area (Å²) in [5.74, 6) is 0.354. The zero-order valence-corrected chi connectivity index (χ0v) is 14.7. The molecule has 0 spiro atoms. The average molecular weight is 271 g/mol. The molecule has 0 aromatic heterocycles. The molecule has 0 saturated carbocycles. The van der Waals surface area contributed by atoms with Crippen LogP contribution in [0.25, 0.3) is 0 Å². The first-order chi connectivity index (χ1) is 8.99. The molecular formula is C17H37NO. The van der Waals surface area contributed by atoms with Crippen LogP contribution in [0.2, 0.25) is 0 Å². The second kappa shape index (κ2) is 11.3. The molecule has 1 heterocycles. The fourth-order valence-corrected chi connectivity index (χ4v) is 2.34. The maximum absolute atomic E-state index is 11.7. The van der Waals surface area contributed by atoms with E-state index in [4.69, 9.17) is 0 Å². The topological polar surface area (TPSA) is 20.3 Å². The van der Waals surface area contributed by atoms with Crippen molar-refractivity contribution in [3.63, 3.8) is 0 Å². The number of rotatable bonds is 5. The monoisotopic (exact) mass is 271 g/mol. The van der Waals surface area contributed by atoms with Gasteiger partial charge in [-0.2, -0.15) is 0 Å². The maximum Gasteiger partial charge on any atom is 0.222 e. The quantitative estimate of drug-likeness (QED) is 0.667. The van der Waals surface area contributed by atoms with Crippen molar-refractivity contribution in [1.82, 2.24) is 4.90 Å². The Morgan fingerprint density at radius 3 is 2.11 bits per heavy atom. The van der Waals surface area contributed by atoms with Crippen molar-refractivity contribution < 1.29 is 4.79 Å². The van der Waals surface area contributed by atoms with Crippen LogP contribution in [0.15, 0.2) is 0 Å². The Morgan fingerprint density at radius 2 is 1.74 bits per heavy atom. The normalized spacial score (nSPS) is 16.2. The van der Waals surface area contributed by atoms with E-state index in [2.05, 4.69) is 32.6 Å². The van der Waals surface area contributed by atoms with Crippen molar-refractivity contribution in [3.8, 4) is 0 Å². The summed E-state index contributed by atoms with van der Waals surface area (Å²) in [6.45, 7) is 18.0. The number of amides is 1. The first kappa shape index (κ1) is 20.8. The molecule has 116 valence electrons. The highest BCUT2D eigenvalue weighted by Gasteiger charge is 2.34. The van der Waals surface area contributed by atoms with Crippen molar-refractivity contribution >= 4 is 5.91 Å². The number of hydrogen-bond acceptors (Lipinski definition) is 1. The molecule has 1 aliphatic heterocycles. The van der Waals surface area contributed by atoms with Gasteiger partial charge in [0.1, 0.15) is 0 Å². The third-order valence-corrected chi connectivity index (χ3v) is 3.88. The Kier molecular flexibility index (Phi) is 12.4. The summed E-state index contributed by atoms with van der Waals surface area (Å²) in [7, 11) is 0. The summed E-state index contributed by atoms with van der Waals surface area (Å²) < 4.78 is 0. The number of carbonyl (C=O) groups excluding carboxylic acids is 1. The average Bonchev–Trinajstić information content (AvgIpc) is 2.86. The molecule has 0 bridgehead atoms. The lowest BCUT2D eigenvalue weighted by atomic mass is 9.80. The number of hydrogen-bond donors (Lipinski definition) is 0. The third-order valence-electron chi connectivity index (χ3n) is 3.88. The molecule has 0 aliphatic carbocycles. The van der Waals surface area contributed by atoms with Gasteiger partial charge >= 0.3 is 0 Å². The summed E-state index contributed by atoms with van der Waals surface area (Å²) in [6, 6.07) is 0.388. The van der Waals surface area contributed by atoms with E-state index in [0.29, 0.717) is 11.9 Å². The van der Waals surface area contributed by atoms with Crippen molar-refractivity contribution in [1.29, 1.82) is 0 Å². The lowest BCUT2D eigenvalue weighted by molar-refractivity contribution is -0.131. The SMILES string of the molecule is CC.CC.CCCCC(C)(C)C(C)N1CCCC1=O. The molecule has 0 aromatic carbocycles. The van der Waals surface area contributed by atoms with Crippen molar-refractivity contribution in [2.45, 2.75) is 93.5 Å². The lowest BCUT2D eigenvalue weighted by Gasteiger charge is -2.38. The predicted molar refractivity (Wildman–Crippen MR) is 86.4 cm³/mol. The fraction of sp³-hybridized carbons (Fsp3) is 0.941. The molecule has 1 atom stereocenters. The molecule has 2 heteroatoms. The standard InChI is InChI=1S/C13H25NO.2C2H6/c1-5-6-9-13(3,4)11(2)14-10-7-8-12(14)15;2*1-2/h11H,5-10H2,1-4H3;2*1-2H3. The van der Waals surface area contributed by atoms with Gasteiger partial charge in [-0.15, -0.1) is 0 Å². The Morgan fingerprint density at radius 1 is 1.21 bits per heavy atom. The van der Waals surface area contributed by atoms with Gasteiger partial charge in [-0.25, -0.2) is 0 Å². The number of likely N-dealkylation sites (tertiary alicyclic amines) is 1. The van der Waals surface area contributed by atoms with Gasteiger partial charge in [0.15, 0.2) is 0 Å². The highest BCUT2D eigenvalue weighted by Crippen LogP contribution is 2.32. The first-order valence-corrected chi connectivity index (χ1v) is 8.28. The Labute approximate surface area is 122 Å². The van der Waals surface area contributed by atoms with E-state index in [1.54, 1.807) is 0 Å². The molecule has 0 N–H and O–H groups in total. The third kappa shape index (κ3) is 6.98. The Hall–Kier alpha value is -0.530. The maximum atomic E-state index is 11.7. The van der Waals surface area contributed by atoms with Crippen LogP contribution < -0.4 is 0 Å². The van der Waals surface area contributed by atoms with Crippen molar-refractivity contribution in [2.24, 2.45) is 5.41 Å². The summed E-state index contributed by atoms with van der Waals surface area (Å²) >= 11 is 0. The van der Waals surface area contributed by atoms with Crippen molar-refractivity contribution in [2.75, 3.05) is 6.54 Å². The lowest BCUT2D eigenvalue weighted by Crippen LogP contribution is -2.43. The molecule has 1 amide bonds. The molecule has 1 rings (SSSR count). The van der Waals surface area contributed by atoms with Crippen LogP contribution in [0.5, 0.6) is 0 Å². The molecule has 0 radical (unpaired) electrons. The van der Waals surface area contributed by atoms with Gasteiger partial charge in [-0.05, 0) is 25.2 Å². The molecule has 1 aliphatic rings. The van der Waals surface area contributed by atoms with E-state index < -0.39 is 0 Å². The van der Waals surface area contributed by atoms with E-state index in [9.17, 15) is 4.79 Å². The summed E-state index contributed by atoms with van der Waals surface area (Å²) in [4.78, 5) is 13.7. The van der Waals surface area contributed by atoms with E-state index in [0.717, 1.165) is 19.4 Å². The molecule has 1 saturated heterocycles. The molecule has 1 unspecified atom stereocenters. The van der Waals surface area contributed by atoms with Crippen LogP contribution in [0.4, 0.5) is 0 Å². The summed E-state index contributed by atoms with van der Waals surface area (Å²) in [5, 5.41) is 0. The molecular weight excluding hydrogens is 234 g/mol. The van der Waals surface area contributed by atoms with E-state index in [1.807, 2.05) is 27.7 Å². The van der Waals surface area contributed by atoms with Gasteiger partial charge < -0.3 is 4.90 Å². The van der Waals surface area contributed by atoms with Crippen molar-refractivity contribution in [3.05, 3.63) is 0 Å². The smallest absolute Gasteiger partial charge is 0.222 e. The van der Waals surface area contributed by atoms with Crippen LogP contribution >= 0.6 is 0 Å². The summed E-state index contributed by atoms with van der Waals surface area (Å²) in [5.41, 5.74) is 0.260. The highest BCUT2D eigenvalue weighted by atomic mass is 16.2. The van der Waals surface area contributed by atoms with Gasteiger partial charge in [-0.3, -0.25) is 4.79 Å². The van der Waals surface area contributed by atoms with Crippen LogP contribution in [0, 0.1) is 5.41 Å². The highest BCUT2D eigenvalue weighted by molar-refractivity contribution is 5.78. The second-order valence-electron chi connectivity index (χ2n) is 5.46. The van der Waals surface area contributed by atoms with Crippen LogP contribution in [-0.4, -0.2) is 23.4 Å².